The number of para-hydroxylation sites is 1. The van der Waals surface area contributed by atoms with Crippen LogP contribution >= 0.6 is 0 Å². The molecule has 144 valence electrons. The van der Waals surface area contributed by atoms with E-state index in [0.29, 0.717) is 18.2 Å². The van der Waals surface area contributed by atoms with Crippen molar-refractivity contribution in [2.24, 2.45) is 0 Å². The quantitative estimate of drug-likeness (QED) is 0.731. The highest BCUT2D eigenvalue weighted by atomic mass is 16.5. The predicted octanol–water partition coefficient (Wildman–Crippen LogP) is 3.59. The van der Waals surface area contributed by atoms with Crippen molar-refractivity contribution in [2.45, 2.75) is 51.0 Å². The molecule has 0 aliphatic heterocycles. The molecule has 6 nitrogen and oxygen atoms in total. The van der Waals surface area contributed by atoms with Gasteiger partial charge in [-0.2, -0.15) is 0 Å². The van der Waals surface area contributed by atoms with Crippen molar-refractivity contribution in [1.82, 2.24) is 15.3 Å². The molecule has 1 aromatic heterocycles. The molecule has 1 heterocycles. The second-order valence-electron chi connectivity index (χ2n) is 6.92. The molecule has 1 aromatic carbocycles. The zero-order valence-corrected chi connectivity index (χ0v) is 15.9. The van der Waals surface area contributed by atoms with Crippen molar-refractivity contribution in [3.05, 3.63) is 47.8 Å². The number of carbonyl (C=O) groups excluding carboxylic acids is 1. The predicted molar refractivity (Wildman–Crippen MR) is 106 cm³/mol. The summed E-state index contributed by atoms with van der Waals surface area (Å²) >= 11 is 0. The SMILES string of the molecule is COc1ccccc1CCNc1nccc(C(=O)NC2CCCCCC2)n1. The van der Waals surface area contributed by atoms with Gasteiger partial charge in [-0.3, -0.25) is 4.79 Å². The monoisotopic (exact) mass is 368 g/mol. The summed E-state index contributed by atoms with van der Waals surface area (Å²) < 4.78 is 5.37. The number of anilines is 1. The van der Waals surface area contributed by atoms with Crippen LogP contribution in [0.3, 0.4) is 0 Å². The van der Waals surface area contributed by atoms with Crippen LogP contribution in [-0.2, 0) is 6.42 Å². The molecule has 6 heteroatoms. The molecule has 1 aliphatic carbocycles. The summed E-state index contributed by atoms with van der Waals surface area (Å²) in [5, 5.41) is 6.32. The van der Waals surface area contributed by atoms with E-state index in [0.717, 1.165) is 30.6 Å². The summed E-state index contributed by atoms with van der Waals surface area (Å²) in [4.78, 5) is 21.1. The highest BCUT2D eigenvalue weighted by molar-refractivity contribution is 5.92. The number of nitrogens with one attached hydrogen (secondary N) is 2. The number of methoxy groups -OCH3 is 1. The Hall–Kier alpha value is -2.63. The van der Waals surface area contributed by atoms with Gasteiger partial charge in [0, 0.05) is 18.8 Å². The molecular formula is C21H28N4O2. The van der Waals surface area contributed by atoms with E-state index in [9.17, 15) is 4.79 Å². The van der Waals surface area contributed by atoms with Crippen LogP contribution in [0.5, 0.6) is 5.75 Å². The third-order valence-corrected chi connectivity index (χ3v) is 4.95. The summed E-state index contributed by atoms with van der Waals surface area (Å²) in [5.74, 6) is 1.23. The van der Waals surface area contributed by atoms with E-state index >= 15 is 0 Å². The van der Waals surface area contributed by atoms with Crippen LogP contribution in [0.1, 0.15) is 54.6 Å². The van der Waals surface area contributed by atoms with Crippen LogP contribution in [0.2, 0.25) is 0 Å². The first-order valence-electron chi connectivity index (χ1n) is 9.76. The van der Waals surface area contributed by atoms with Gasteiger partial charge < -0.3 is 15.4 Å². The zero-order valence-electron chi connectivity index (χ0n) is 15.9. The fourth-order valence-corrected chi connectivity index (χ4v) is 3.47. The molecule has 0 atom stereocenters. The van der Waals surface area contributed by atoms with Crippen LogP contribution in [0.4, 0.5) is 5.95 Å². The second-order valence-corrected chi connectivity index (χ2v) is 6.92. The van der Waals surface area contributed by atoms with Crippen LogP contribution in [0.15, 0.2) is 36.5 Å². The van der Waals surface area contributed by atoms with E-state index in [1.165, 1.54) is 25.7 Å². The number of benzene rings is 1. The number of aromatic nitrogens is 2. The van der Waals surface area contributed by atoms with Crippen molar-refractivity contribution < 1.29 is 9.53 Å². The van der Waals surface area contributed by atoms with Crippen molar-refractivity contribution in [2.75, 3.05) is 19.0 Å². The minimum atomic E-state index is -0.114. The Morgan fingerprint density at radius 2 is 1.93 bits per heavy atom. The van der Waals surface area contributed by atoms with Gasteiger partial charge in [-0.1, -0.05) is 43.9 Å². The number of amides is 1. The van der Waals surface area contributed by atoms with Gasteiger partial charge in [0.1, 0.15) is 11.4 Å². The third-order valence-electron chi connectivity index (χ3n) is 4.95. The molecule has 1 saturated carbocycles. The molecule has 1 aliphatic rings. The smallest absolute Gasteiger partial charge is 0.270 e. The lowest BCUT2D eigenvalue weighted by Crippen LogP contribution is -2.35. The average molecular weight is 368 g/mol. The van der Waals surface area contributed by atoms with Crippen LogP contribution in [0, 0.1) is 0 Å². The first-order chi connectivity index (χ1) is 13.3. The van der Waals surface area contributed by atoms with Crippen molar-refractivity contribution >= 4 is 11.9 Å². The average Bonchev–Trinajstić information content (AvgIpc) is 2.97. The lowest BCUT2D eigenvalue weighted by molar-refractivity contribution is 0.0928. The molecule has 0 saturated heterocycles. The molecule has 0 bridgehead atoms. The molecule has 0 unspecified atom stereocenters. The van der Waals surface area contributed by atoms with Gasteiger partial charge in [-0.05, 0) is 37.0 Å². The fraction of sp³-hybridized carbons (Fsp3) is 0.476. The van der Waals surface area contributed by atoms with Crippen LogP contribution in [-0.4, -0.2) is 35.6 Å². The number of carbonyl (C=O) groups is 1. The largest absolute Gasteiger partial charge is 0.496 e. The van der Waals surface area contributed by atoms with Gasteiger partial charge in [0.05, 0.1) is 7.11 Å². The Balaban J connectivity index is 1.54. The first-order valence-corrected chi connectivity index (χ1v) is 9.76. The summed E-state index contributed by atoms with van der Waals surface area (Å²) in [7, 11) is 1.67. The Morgan fingerprint density at radius 3 is 2.70 bits per heavy atom. The van der Waals surface area contributed by atoms with E-state index in [4.69, 9.17) is 4.74 Å². The molecule has 2 aromatic rings. The standard InChI is InChI=1S/C21H28N4O2/c1-27-19-11-7-6-8-16(19)12-14-22-21-23-15-13-18(25-21)20(26)24-17-9-4-2-3-5-10-17/h6-8,11,13,15,17H,2-5,9-10,12,14H2,1H3,(H,24,26)(H,22,23,25). The van der Waals surface area contributed by atoms with Crippen molar-refractivity contribution in [3.63, 3.8) is 0 Å². The highest BCUT2D eigenvalue weighted by Gasteiger charge is 2.17. The Morgan fingerprint density at radius 1 is 1.15 bits per heavy atom. The normalized spacial score (nSPS) is 15.0. The molecule has 3 rings (SSSR count). The minimum absolute atomic E-state index is 0.114. The van der Waals surface area contributed by atoms with Crippen LogP contribution in [0.25, 0.3) is 0 Å². The van der Waals surface area contributed by atoms with E-state index in [1.807, 2.05) is 24.3 Å². The number of hydrogen-bond acceptors (Lipinski definition) is 5. The van der Waals surface area contributed by atoms with Gasteiger partial charge in [-0.25, -0.2) is 9.97 Å². The topological polar surface area (TPSA) is 76.1 Å². The Kier molecular flexibility index (Phi) is 7.02. The van der Waals surface area contributed by atoms with Gasteiger partial charge in [0.2, 0.25) is 5.95 Å². The molecule has 0 spiro atoms. The minimum Gasteiger partial charge on any atom is -0.496 e. The van der Waals surface area contributed by atoms with Gasteiger partial charge in [0.15, 0.2) is 0 Å². The number of rotatable bonds is 7. The number of nitrogens with zero attached hydrogens (tertiary/aromatic N) is 2. The summed E-state index contributed by atoms with van der Waals surface area (Å²) in [5.41, 5.74) is 1.53. The van der Waals surface area contributed by atoms with Crippen molar-refractivity contribution in [1.29, 1.82) is 0 Å². The molecule has 27 heavy (non-hydrogen) atoms. The second kappa shape index (κ2) is 9.90. The fourth-order valence-electron chi connectivity index (χ4n) is 3.47. The molecule has 2 N–H and O–H groups in total. The number of hydrogen-bond donors (Lipinski definition) is 2. The first kappa shape index (κ1) is 19.1. The molecule has 1 fully saturated rings. The Bertz CT molecular complexity index is 742. The zero-order chi connectivity index (χ0) is 18.9. The summed E-state index contributed by atoms with van der Waals surface area (Å²) in [6.07, 6.45) is 9.42. The summed E-state index contributed by atoms with van der Waals surface area (Å²) in [6.45, 7) is 0.661. The number of ether oxygens (including phenoxy) is 1. The molecular weight excluding hydrogens is 340 g/mol. The summed E-state index contributed by atoms with van der Waals surface area (Å²) in [6, 6.07) is 9.86. The Labute approximate surface area is 160 Å². The lowest BCUT2D eigenvalue weighted by Gasteiger charge is -2.16. The maximum absolute atomic E-state index is 12.5. The van der Waals surface area contributed by atoms with Crippen LogP contribution < -0.4 is 15.4 Å². The van der Waals surface area contributed by atoms with Crippen molar-refractivity contribution in [3.8, 4) is 5.75 Å². The highest BCUT2D eigenvalue weighted by Crippen LogP contribution is 2.18. The van der Waals surface area contributed by atoms with E-state index < -0.39 is 0 Å². The van der Waals surface area contributed by atoms with E-state index in [2.05, 4.69) is 20.6 Å². The van der Waals surface area contributed by atoms with E-state index in [1.54, 1.807) is 19.4 Å². The van der Waals surface area contributed by atoms with Gasteiger partial charge in [0.25, 0.3) is 5.91 Å². The lowest BCUT2D eigenvalue weighted by atomic mass is 10.1. The van der Waals surface area contributed by atoms with Gasteiger partial charge >= 0.3 is 0 Å². The van der Waals surface area contributed by atoms with Gasteiger partial charge in [-0.15, -0.1) is 0 Å². The third kappa shape index (κ3) is 5.67. The molecule has 0 radical (unpaired) electrons. The maximum atomic E-state index is 12.5. The van der Waals surface area contributed by atoms with E-state index in [-0.39, 0.29) is 11.9 Å². The molecule has 1 amide bonds. The maximum Gasteiger partial charge on any atom is 0.270 e.